The molecule has 4 amide bonds. The summed E-state index contributed by atoms with van der Waals surface area (Å²) in [5.74, 6) is -2.73. The standard InChI is InChI=1S/C53H47ClN4O8S/c1-28-37-25-32(54)13-22-45(37)67-48(28)41-27-46(56(3)55-41)58-50(61)40-26-38-35(39(53(40,2)52(58)63)19-10-30-11-20-42(59)44(23-30)66-6)17-18-36-47(38)51(62)57(49(36)60)33-14-8-29(9-15-33)7-12-31-24-34(64-4)16-21-43(31)65-5/h7-17,19-25,27,36,38-40,47,59H,18,26H2,1-6H3. The third-order valence-corrected chi connectivity index (χ3v) is 15.8. The molecule has 12 nitrogen and oxygen atoms in total. The zero-order chi connectivity index (χ0) is 47.1. The van der Waals surface area contributed by atoms with E-state index in [4.69, 9.17) is 30.9 Å². The van der Waals surface area contributed by atoms with Crippen LogP contribution in [0.2, 0.25) is 5.02 Å². The Kier molecular flexibility index (Phi) is 11.0. The highest BCUT2D eigenvalue weighted by Crippen LogP contribution is 2.61. The van der Waals surface area contributed by atoms with Crippen molar-refractivity contribution in [3.8, 4) is 33.6 Å². The van der Waals surface area contributed by atoms with E-state index in [1.807, 2.05) is 92.8 Å². The Morgan fingerprint density at radius 2 is 1.57 bits per heavy atom. The van der Waals surface area contributed by atoms with Crippen LogP contribution in [0.1, 0.15) is 42.0 Å². The summed E-state index contributed by atoms with van der Waals surface area (Å²) in [4.78, 5) is 63.0. The van der Waals surface area contributed by atoms with Gasteiger partial charge in [0.1, 0.15) is 23.0 Å². The number of halogens is 1. The molecular weight excluding hydrogens is 888 g/mol. The van der Waals surface area contributed by atoms with Gasteiger partial charge in [-0.05, 0) is 115 Å². The number of phenolic OH excluding ortho intramolecular Hbond substituents is 1. The van der Waals surface area contributed by atoms with Crippen LogP contribution in [0, 0.1) is 41.9 Å². The van der Waals surface area contributed by atoms with Crippen LogP contribution in [0.25, 0.3) is 38.9 Å². The Morgan fingerprint density at radius 1 is 0.806 bits per heavy atom. The number of rotatable bonds is 10. The highest BCUT2D eigenvalue weighted by atomic mass is 35.5. The third kappa shape index (κ3) is 7.05. The number of phenols is 1. The number of anilines is 2. The van der Waals surface area contributed by atoms with Crippen molar-refractivity contribution in [2.75, 3.05) is 31.1 Å². The van der Waals surface area contributed by atoms with Crippen molar-refractivity contribution >= 4 is 86.4 Å². The number of hydrogen-bond acceptors (Lipinski definition) is 10. The molecule has 4 heterocycles. The number of hydrogen-bond donors (Lipinski definition) is 1. The Labute approximate surface area is 396 Å². The minimum absolute atomic E-state index is 0.0169. The monoisotopic (exact) mass is 934 g/mol. The number of ether oxygens (including phenoxy) is 3. The third-order valence-electron chi connectivity index (χ3n) is 14.3. The van der Waals surface area contributed by atoms with Crippen molar-refractivity contribution in [3.63, 3.8) is 0 Å². The van der Waals surface area contributed by atoms with Crippen LogP contribution in [-0.4, -0.2) is 59.8 Å². The van der Waals surface area contributed by atoms with Crippen LogP contribution in [0.4, 0.5) is 11.5 Å². The molecule has 2 saturated heterocycles. The summed E-state index contributed by atoms with van der Waals surface area (Å²) >= 11 is 7.93. The first kappa shape index (κ1) is 43.9. The van der Waals surface area contributed by atoms with Crippen molar-refractivity contribution in [1.82, 2.24) is 9.78 Å². The van der Waals surface area contributed by atoms with Crippen LogP contribution < -0.4 is 24.0 Å². The number of carbonyl (C=O) groups is 4. The molecule has 0 spiro atoms. The minimum atomic E-state index is -1.26. The maximum absolute atomic E-state index is 15.2. The fraction of sp³-hybridized carbons (Fsp3) is 0.264. The maximum atomic E-state index is 15.2. The fourth-order valence-electron chi connectivity index (χ4n) is 10.8. The summed E-state index contributed by atoms with van der Waals surface area (Å²) in [5.41, 5.74) is 4.05. The normalized spacial score (nSPS) is 23.6. The number of carbonyl (C=O) groups excluding carboxylic acids is 4. The van der Waals surface area contributed by atoms with E-state index in [2.05, 4.69) is 0 Å². The summed E-state index contributed by atoms with van der Waals surface area (Å²) in [5, 5.41) is 16.8. The second-order valence-corrected chi connectivity index (χ2v) is 19.2. The van der Waals surface area contributed by atoms with Gasteiger partial charge < -0.3 is 19.3 Å². The SMILES string of the molecule is COc1ccc(OC)c(C=Cc2ccc(N3C(=O)C4CC=C5C(CC6C(=O)N(c7cc(-c8sc9ccc(Cl)cc9c8C)nn7C)C(=O)C6(C)C5C=Cc5ccc(O)c(OC)c5)C4C3=O)cc2)c1. The number of methoxy groups -OCH3 is 3. The summed E-state index contributed by atoms with van der Waals surface area (Å²) in [6.45, 7) is 3.86. The predicted molar refractivity (Wildman–Crippen MR) is 260 cm³/mol. The minimum Gasteiger partial charge on any atom is -0.504 e. The number of aromatic nitrogens is 2. The molecule has 14 heteroatoms. The second-order valence-electron chi connectivity index (χ2n) is 17.7. The number of aromatic hydroxyl groups is 1. The van der Waals surface area contributed by atoms with E-state index in [-0.39, 0.29) is 41.5 Å². The van der Waals surface area contributed by atoms with Gasteiger partial charge in [0.25, 0.3) is 0 Å². The zero-order valence-electron chi connectivity index (χ0n) is 37.7. The molecule has 1 saturated carbocycles. The summed E-state index contributed by atoms with van der Waals surface area (Å²) in [6.07, 6.45) is 10.1. The van der Waals surface area contributed by atoms with Crippen LogP contribution in [-0.2, 0) is 26.2 Å². The van der Waals surface area contributed by atoms with Crippen molar-refractivity contribution in [2.45, 2.75) is 26.7 Å². The number of imide groups is 2. The predicted octanol–water partition coefficient (Wildman–Crippen LogP) is 10.1. The molecule has 0 radical (unpaired) electrons. The zero-order valence-corrected chi connectivity index (χ0v) is 39.2. The average molecular weight is 935 g/mol. The highest BCUT2D eigenvalue weighted by molar-refractivity contribution is 7.22. The largest absolute Gasteiger partial charge is 0.504 e. The molecule has 6 unspecified atom stereocenters. The van der Waals surface area contributed by atoms with Crippen LogP contribution >= 0.6 is 22.9 Å². The number of aryl methyl sites for hydroxylation is 2. The van der Waals surface area contributed by atoms with Gasteiger partial charge in [-0.3, -0.25) is 28.8 Å². The lowest BCUT2D eigenvalue weighted by Crippen LogP contribution is -2.49. The first-order valence-electron chi connectivity index (χ1n) is 22.0. The first-order chi connectivity index (χ1) is 32.2. The van der Waals surface area contributed by atoms with E-state index in [1.54, 1.807) is 67.6 Å². The van der Waals surface area contributed by atoms with E-state index in [0.717, 1.165) is 37.2 Å². The Balaban J connectivity index is 0.993. The van der Waals surface area contributed by atoms with Crippen molar-refractivity contribution in [2.24, 2.45) is 42.1 Å². The van der Waals surface area contributed by atoms with Crippen LogP contribution in [0.15, 0.2) is 103 Å². The smallest absolute Gasteiger partial charge is 0.242 e. The van der Waals surface area contributed by atoms with Gasteiger partial charge in [-0.15, -0.1) is 11.3 Å². The number of nitrogens with zero attached hydrogens (tertiary/aromatic N) is 4. The lowest BCUT2D eigenvalue weighted by Gasteiger charge is -2.47. The van der Waals surface area contributed by atoms with Gasteiger partial charge in [0.2, 0.25) is 23.6 Å². The Bertz CT molecular complexity index is 3150. The lowest BCUT2D eigenvalue weighted by molar-refractivity contribution is -0.132. The van der Waals surface area contributed by atoms with Gasteiger partial charge in [0, 0.05) is 34.3 Å². The first-order valence-corrected chi connectivity index (χ1v) is 23.2. The quantitative estimate of drug-likeness (QED) is 0.0808. The topological polar surface area (TPSA) is 140 Å². The second kappa shape index (κ2) is 16.7. The summed E-state index contributed by atoms with van der Waals surface area (Å²) in [7, 11) is 6.41. The molecular formula is C53H47ClN4O8S. The number of fused-ring (bicyclic) bond motifs is 5. The number of benzene rings is 4. The molecule has 2 aliphatic carbocycles. The van der Waals surface area contributed by atoms with Crippen molar-refractivity contribution < 1.29 is 38.5 Å². The van der Waals surface area contributed by atoms with Gasteiger partial charge in [-0.1, -0.05) is 65.8 Å². The molecule has 0 bridgehead atoms. The van der Waals surface area contributed by atoms with Crippen molar-refractivity contribution in [3.05, 3.63) is 130 Å². The molecule has 2 aliphatic heterocycles. The van der Waals surface area contributed by atoms with Gasteiger partial charge in [-0.2, -0.15) is 5.10 Å². The molecule has 6 atom stereocenters. The maximum Gasteiger partial charge on any atom is 0.242 e. The van der Waals surface area contributed by atoms with E-state index in [0.29, 0.717) is 45.7 Å². The van der Waals surface area contributed by atoms with Gasteiger partial charge in [0.15, 0.2) is 11.5 Å². The molecule has 4 aromatic carbocycles. The molecule has 10 rings (SSSR count). The molecule has 3 fully saturated rings. The summed E-state index contributed by atoms with van der Waals surface area (Å²) in [6, 6.07) is 25.3. The number of allylic oxidation sites excluding steroid dienone is 3. The number of amides is 4. The van der Waals surface area contributed by atoms with Crippen molar-refractivity contribution in [1.29, 1.82) is 0 Å². The van der Waals surface area contributed by atoms with Gasteiger partial charge >= 0.3 is 0 Å². The molecule has 340 valence electrons. The Hall–Kier alpha value is -6.96. The average Bonchev–Trinajstić information content (AvgIpc) is 4.01. The van der Waals surface area contributed by atoms with E-state index in [1.165, 1.54) is 23.0 Å². The molecule has 67 heavy (non-hydrogen) atoms. The van der Waals surface area contributed by atoms with Crippen LogP contribution in [0.3, 0.4) is 0 Å². The van der Waals surface area contributed by atoms with E-state index in [9.17, 15) is 14.7 Å². The highest BCUT2D eigenvalue weighted by Gasteiger charge is 2.67. The van der Waals surface area contributed by atoms with E-state index >= 15 is 9.59 Å². The van der Waals surface area contributed by atoms with E-state index < -0.39 is 35.0 Å². The number of thiophene rings is 1. The van der Waals surface area contributed by atoms with Gasteiger partial charge in [0.05, 0.1) is 55.1 Å². The van der Waals surface area contributed by atoms with Gasteiger partial charge in [-0.25, -0.2) is 4.90 Å². The molecule has 1 N–H and O–H groups in total. The molecule has 2 aromatic heterocycles. The molecule has 6 aromatic rings. The molecule has 4 aliphatic rings. The fourth-order valence-corrected chi connectivity index (χ4v) is 12.1. The summed E-state index contributed by atoms with van der Waals surface area (Å²) < 4.78 is 18.9. The lowest BCUT2D eigenvalue weighted by atomic mass is 9.52. The Morgan fingerprint density at radius 3 is 2.31 bits per heavy atom. The van der Waals surface area contributed by atoms with Crippen LogP contribution in [0.5, 0.6) is 23.0 Å².